The summed E-state index contributed by atoms with van der Waals surface area (Å²) < 4.78 is 5.18. The van der Waals surface area contributed by atoms with E-state index < -0.39 is 0 Å². The Hall–Kier alpha value is -2.23. The van der Waals surface area contributed by atoms with Gasteiger partial charge in [-0.05, 0) is 43.7 Å². The van der Waals surface area contributed by atoms with E-state index in [0.29, 0.717) is 12.5 Å². The first-order chi connectivity index (χ1) is 13.1. The minimum atomic E-state index is -0.121. The van der Waals surface area contributed by atoms with Gasteiger partial charge in [-0.25, -0.2) is 0 Å². The van der Waals surface area contributed by atoms with Gasteiger partial charge >= 0.3 is 0 Å². The van der Waals surface area contributed by atoms with E-state index in [1.54, 1.807) is 19.4 Å². The van der Waals surface area contributed by atoms with Crippen LogP contribution in [0.15, 0.2) is 52.1 Å². The zero-order valence-corrected chi connectivity index (χ0v) is 19.0. The number of hydrogen-bond donors (Lipinski definition) is 3. The summed E-state index contributed by atoms with van der Waals surface area (Å²) in [6, 6.07) is 12.1. The standard InChI is InChI=1S/C20H29N5O2.HI/c1-4-25(17-8-5-7-16(2)13-17)11-10-22-20(21-3)24-15-19(26)23-14-18-9-6-12-27-18;/h5-9,12-13H,4,10-11,14-15H2,1-3H3,(H,23,26)(H2,21,22,24);1H. The maximum Gasteiger partial charge on any atom is 0.239 e. The Bertz CT molecular complexity index is 734. The molecule has 0 bridgehead atoms. The van der Waals surface area contributed by atoms with E-state index >= 15 is 0 Å². The second kappa shape index (κ2) is 13.0. The molecule has 1 heterocycles. The largest absolute Gasteiger partial charge is 0.467 e. The van der Waals surface area contributed by atoms with E-state index in [9.17, 15) is 4.79 Å². The molecule has 1 aromatic heterocycles. The summed E-state index contributed by atoms with van der Waals surface area (Å²) in [6.07, 6.45) is 1.59. The van der Waals surface area contributed by atoms with E-state index in [1.165, 1.54) is 11.3 Å². The van der Waals surface area contributed by atoms with Gasteiger partial charge in [-0.3, -0.25) is 9.79 Å². The summed E-state index contributed by atoms with van der Waals surface area (Å²) in [5, 5.41) is 9.05. The summed E-state index contributed by atoms with van der Waals surface area (Å²) in [6.45, 7) is 7.24. The molecule has 0 spiro atoms. The molecule has 3 N–H and O–H groups in total. The highest BCUT2D eigenvalue weighted by atomic mass is 127. The number of furan rings is 1. The summed E-state index contributed by atoms with van der Waals surface area (Å²) in [5.41, 5.74) is 2.46. The molecule has 0 aliphatic carbocycles. The fraction of sp³-hybridized carbons (Fsp3) is 0.400. The maximum absolute atomic E-state index is 11.9. The lowest BCUT2D eigenvalue weighted by Gasteiger charge is -2.24. The van der Waals surface area contributed by atoms with Crippen molar-refractivity contribution in [2.24, 2.45) is 4.99 Å². The quantitative estimate of drug-likeness (QED) is 0.281. The number of halogens is 1. The molecule has 1 aromatic carbocycles. The van der Waals surface area contributed by atoms with Gasteiger partial charge in [-0.1, -0.05) is 12.1 Å². The first kappa shape index (κ1) is 23.8. The van der Waals surface area contributed by atoms with Crippen molar-refractivity contribution < 1.29 is 9.21 Å². The zero-order valence-electron chi connectivity index (χ0n) is 16.7. The van der Waals surface area contributed by atoms with Gasteiger partial charge in [0.15, 0.2) is 5.96 Å². The molecule has 8 heteroatoms. The maximum atomic E-state index is 11.9. The average Bonchev–Trinajstić information content (AvgIpc) is 3.19. The lowest BCUT2D eigenvalue weighted by Crippen LogP contribution is -2.45. The van der Waals surface area contributed by atoms with Crippen LogP contribution < -0.4 is 20.9 Å². The molecule has 7 nitrogen and oxygen atoms in total. The SMILES string of the molecule is CCN(CCNC(=NC)NCC(=O)NCc1ccco1)c1cccc(C)c1.I. The highest BCUT2D eigenvalue weighted by Crippen LogP contribution is 2.14. The van der Waals surface area contributed by atoms with Crippen LogP contribution in [0.2, 0.25) is 0 Å². The Balaban J connectivity index is 0.00000392. The summed E-state index contributed by atoms with van der Waals surface area (Å²) in [4.78, 5) is 18.3. The van der Waals surface area contributed by atoms with Crippen LogP contribution in [0.1, 0.15) is 18.2 Å². The van der Waals surface area contributed by atoms with Gasteiger partial charge in [0.05, 0.1) is 19.4 Å². The van der Waals surface area contributed by atoms with Gasteiger partial charge in [0.1, 0.15) is 5.76 Å². The molecule has 0 unspecified atom stereocenters. The van der Waals surface area contributed by atoms with E-state index in [4.69, 9.17) is 4.42 Å². The summed E-state index contributed by atoms with van der Waals surface area (Å²) >= 11 is 0. The predicted molar refractivity (Wildman–Crippen MR) is 124 cm³/mol. The molecule has 0 aliphatic heterocycles. The van der Waals surface area contributed by atoms with Gasteiger partial charge in [-0.2, -0.15) is 0 Å². The number of likely N-dealkylation sites (N-methyl/N-ethyl adjacent to an activating group) is 1. The Morgan fingerprint density at radius 2 is 2.00 bits per heavy atom. The van der Waals surface area contributed by atoms with E-state index in [0.717, 1.165) is 25.4 Å². The molecule has 0 saturated heterocycles. The number of guanidine groups is 1. The first-order valence-corrected chi connectivity index (χ1v) is 9.17. The third kappa shape index (κ3) is 8.20. The van der Waals surface area contributed by atoms with Crippen molar-refractivity contribution in [2.75, 3.05) is 38.1 Å². The van der Waals surface area contributed by atoms with E-state index in [1.807, 2.05) is 6.07 Å². The third-order valence-electron chi connectivity index (χ3n) is 4.10. The summed E-state index contributed by atoms with van der Waals surface area (Å²) in [5.74, 6) is 1.20. The number of carbonyl (C=O) groups is 1. The minimum Gasteiger partial charge on any atom is -0.467 e. The average molecular weight is 499 g/mol. The minimum absolute atomic E-state index is 0. The molecule has 2 rings (SSSR count). The number of anilines is 1. The highest BCUT2D eigenvalue weighted by molar-refractivity contribution is 14.0. The molecule has 0 aliphatic rings. The molecule has 0 fully saturated rings. The molecule has 2 aromatic rings. The van der Waals surface area contributed by atoms with Crippen LogP contribution in [0.3, 0.4) is 0 Å². The summed E-state index contributed by atoms with van der Waals surface area (Å²) in [7, 11) is 1.69. The molecule has 28 heavy (non-hydrogen) atoms. The molecule has 0 atom stereocenters. The second-order valence-electron chi connectivity index (χ2n) is 6.13. The second-order valence-corrected chi connectivity index (χ2v) is 6.13. The van der Waals surface area contributed by atoms with Gasteiger partial charge in [0, 0.05) is 32.4 Å². The number of rotatable bonds is 9. The Kier molecular flexibility index (Phi) is 11.1. The number of benzene rings is 1. The predicted octanol–water partition coefficient (Wildman–Crippen LogP) is 2.51. The Labute approximate surface area is 184 Å². The van der Waals surface area contributed by atoms with Crippen molar-refractivity contribution in [3.05, 3.63) is 54.0 Å². The van der Waals surface area contributed by atoms with Gasteiger partial charge in [0.2, 0.25) is 5.91 Å². The number of nitrogens with zero attached hydrogens (tertiary/aromatic N) is 2. The normalized spacial score (nSPS) is 10.8. The van der Waals surface area contributed by atoms with Gasteiger partial charge in [-0.15, -0.1) is 24.0 Å². The third-order valence-corrected chi connectivity index (χ3v) is 4.10. The number of carbonyl (C=O) groups excluding carboxylic acids is 1. The monoisotopic (exact) mass is 499 g/mol. The van der Waals surface area contributed by atoms with Crippen molar-refractivity contribution >= 4 is 41.5 Å². The number of amides is 1. The zero-order chi connectivity index (χ0) is 19.5. The Morgan fingerprint density at radius 1 is 1.18 bits per heavy atom. The lowest BCUT2D eigenvalue weighted by atomic mass is 10.2. The van der Waals surface area contributed by atoms with Crippen molar-refractivity contribution in [1.82, 2.24) is 16.0 Å². The topological polar surface area (TPSA) is 81.9 Å². The van der Waals surface area contributed by atoms with Crippen LogP contribution in [0.5, 0.6) is 0 Å². The molecular formula is C20H30IN5O2. The number of nitrogens with one attached hydrogen (secondary N) is 3. The lowest BCUT2D eigenvalue weighted by molar-refractivity contribution is -0.120. The fourth-order valence-electron chi connectivity index (χ4n) is 2.65. The van der Waals surface area contributed by atoms with Crippen LogP contribution in [0.4, 0.5) is 5.69 Å². The smallest absolute Gasteiger partial charge is 0.239 e. The van der Waals surface area contributed by atoms with Crippen LogP contribution >= 0.6 is 24.0 Å². The number of aryl methyl sites for hydroxylation is 1. The van der Waals surface area contributed by atoms with Gasteiger partial charge in [0.25, 0.3) is 0 Å². The molecule has 0 radical (unpaired) electrons. The molecule has 154 valence electrons. The van der Waals surface area contributed by atoms with E-state index in [2.05, 4.69) is 64.0 Å². The van der Waals surface area contributed by atoms with Crippen LogP contribution in [-0.4, -0.2) is 45.1 Å². The molecule has 1 amide bonds. The number of hydrogen-bond acceptors (Lipinski definition) is 4. The van der Waals surface area contributed by atoms with Gasteiger partial charge < -0.3 is 25.3 Å². The Morgan fingerprint density at radius 3 is 2.64 bits per heavy atom. The van der Waals surface area contributed by atoms with Crippen LogP contribution in [0.25, 0.3) is 0 Å². The van der Waals surface area contributed by atoms with Crippen LogP contribution in [0, 0.1) is 6.92 Å². The number of aliphatic imine (C=N–C) groups is 1. The van der Waals surface area contributed by atoms with Crippen LogP contribution in [-0.2, 0) is 11.3 Å². The first-order valence-electron chi connectivity index (χ1n) is 9.17. The molecular weight excluding hydrogens is 469 g/mol. The molecule has 0 saturated carbocycles. The highest BCUT2D eigenvalue weighted by Gasteiger charge is 2.07. The van der Waals surface area contributed by atoms with E-state index in [-0.39, 0.29) is 36.4 Å². The fourth-order valence-corrected chi connectivity index (χ4v) is 2.65. The van der Waals surface area contributed by atoms with Crippen molar-refractivity contribution in [3.63, 3.8) is 0 Å². The van der Waals surface area contributed by atoms with Crippen molar-refractivity contribution in [1.29, 1.82) is 0 Å². The van der Waals surface area contributed by atoms with Crippen molar-refractivity contribution in [2.45, 2.75) is 20.4 Å². The van der Waals surface area contributed by atoms with Crippen molar-refractivity contribution in [3.8, 4) is 0 Å².